The lowest BCUT2D eigenvalue weighted by molar-refractivity contribution is -0.142. The molecule has 4 nitrogen and oxygen atoms in total. The van der Waals surface area contributed by atoms with Crippen molar-refractivity contribution < 1.29 is 14.7 Å². The number of benzene rings is 1. The molecule has 122 valence electrons. The number of amides is 1. The van der Waals surface area contributed by atoms with E-state index < -0.39 is 12.0 Å². The molecule has 1 aromatic rings. The summed E-state index contributed by atoms with van der Waals surface area (Å²) in [5.41, 5.74) is 2.21. The van der Waals surface area contributed by atoms with E-state index in [1.165, 1.54) is 0 Å². The molecule has 0 aromatic heterocycles. The Morgan fingerprint density at radius 2 is 2.05 bits per heavy atom. The molecule has 0 spiro atoms. The summed E-state index contributed by atoms with van der Waals surface area (Å²) in [5, 5.41) is 11.8. The maximum absolute atomic E-state index is 12.3. The van der Waals surface area contributed by atoms with Gasteiger partial charge in [-0.3, -0.25) is 4.79 Å². The Balaban J connectivity index is 2.71. The van der Waals surface area contributed by atoms with Gasteiger partial charge in [0, 0.05) is 5.75 Å². The zero-order valence-electron chi connectivity index (χ0n) is 12.9. The Morgan fingerprint density at radius 1 is 1.36 bits per heavy atom. The number of thiol groups is 1. The summed E-state index contributed by atoms with van der Waals surface area (Å²) in [5.74, 6) is -0.487. The van der Waals surface area contributed by atoms with E-state index in [1.54, 1.807) is 11.8 Å². The smallest absolute Gasteiger partial charge is 0.326 e. The zero-order valence-corrected chi connectivity index (χ0v) is 14.6. The van der Waals surface area contributed by atoms with Gasteiger partial charge in [-0.2, -0.15) is 24.4 Å². The highest BCUT2D eigenvalue weighted by atomic mass is 32.2. The lowest BCUT2D eigenvalue weighted by atomic mass is 9.96. The van der Waals surface area contributed by atoms with Crippen molar-refractivity contribution in [2.75, 3.05) is 17.8 Å². The lowest BCUT2D eigenvalue weighted by Crippen LogP contribution is -2.44. The van der Waals surface area contributed by atoms with Gasteiger partial charge in [0.25, 0.3) is 0 Å². The number of aryl methyl sites for hydroxylation is 1. The summed E-state index contributed by atoms with van der Waals surface area (Å²) in [6, 6.07) is 7.05. The van der Waals surface area contributed by atoms with Crippen LogP contribution in [0.1, 0.15) is 17.5 Å². The summed E-state index contributed by atoms with van der Waals surface area (Å²) in [7, 11) is 0. The van der Waals surface area contributed by atoms with Gasteiger partial charge in [0.05, 0.1) is 5.92 Å². The molecule has 0 unspecified atom stereocenters. The molecule has 22 heavy (non-hydrogen) atoms. The zero-order chi connectivity index (χ0) is 16.5. The normalized spacial score (nSPS) is 13.4. The average Bonchev–Trinajstić information content (AvgIpc) is 2.50. The Kier molecular flexibility index (Phi) is 8.42. The van der Waals surface area contributed by atoms with Crippen molar-refractivity contribution in [2.45, 2.75) is 25.8 Å². The van der Waals surface area contributed by atoms with Gasteiger partial charge in [-0.15, -0.1) is 0 Å². The lowest BCUT2D eigenvalue weighted by Gasteiger charge is -2.19. The second kappa shape index (κ2) is 9.79. The molecule has 1 amide bonds. The predicted octanol–water partition coefficient (Wildman–Crippen LogP) is 2.41. The summed E-state index contributed by atoms with van der Waals surface area (Å²) >= 11 is 5.82. The number of nitrogens with one attached hydrogen (secondary N) is 1. The summed E-state index contributed by atoms with van der Waals surface area (Å²) in [6.45, 7) is 2.00. The van der Waals surface area contributed by atoms with Crippen LogP contribution in [-0.4, -0.2) is 40.8 Å². The minimum absolute atomic E-state index is 0.244. The second-order valence-electron chi connectivity index (χ2n) is 5.19. The van der Waals surface area contributed by atoms with Gasteiger partial charge in [-0.1, -0.05) is 24.3 Å². The van der Waals surface area contributed by atoms with Crippen molar-refractivity contribution in [2.24, 2.45) is 5.92 Å². The number of carboxylic acid groups (broad SMARTS) is 1. The fourth-order valence-corrected chi connectivity index (χ4v) is 2.89. The van der Waals surface area contributed by atoms with E-state index in [-0.39, 0.29) is 11.8 Å². The third-order valence-electron chi connectivity index (χ3n) is 3.54. The highest BCUT2D eigenvalue weighted by Crippen LogP contribution is 2.15. The molecule has 0 fully saturated rings. The van der Waals surface area contributed by atoms with E-state index >= 15 is 0 Å². The first kappa shape index (κ1) is 18.9. The van der Waals surface area contributed by atoms with Crippen LogP contribution < -0.4 is 5.32 Å². The molecule has 0 saturated carbocycles. The van der Waals surface area contributed by atoms with Crippen molar-refractivity contribution in [1.29, 1.82) is 0 Å². The van der Waals surface area contributed by atoms with Crippen LogP contribution in [0.3, 0.4) is 0 Å². The van der Waals surface area contributed by atoms with Crippen LogP contribution in [-0.2, 0) is 16.0 Å². The number of hydrogen-bond donors (Lipinski definition) is 3. The molecule has 0 radical (unpaired) electrons. The largest absolute Gasteiger partial charge is 0.480 e. The van der Waals surface area contributed by atoms with Gasteiger partial charge >= 0.3 is 5.97 Å². The summed E-state index contributed by atoms with van der Waals surface area (Å²) < 4.78 is 0. The molecule has 0 bridgehead atoms. The first-order valence-electron chi connectivity index (χ1n) is 7.17. The molecular formula is C16H23NO3S2. The third-order valence-corrected chi connectivity index (χ3v) is 4.63. The van der Waals surface area contributed by atoms with Crippen molar-refractivity contribution in [3.05, 3.63) is 35.4 Å². The van der Waals surface area contributed by atoms with Crippen LogP contribution >= 0.6 is 24.4 Å². The standard InChI is InChI=1S/C16H23NO3S2/c1-11-5-3-4-6-12(11)9-13(10-21)15(18)17-14(16(19)20)7-8-22-2/h3-6,13-14,21H,7-10H2,1-2H3,(H,17,18)(H,19,20)/t13-,14-/m1/s1. The molecule has 2 N–H and O–H groups in total. The van der Waals surface area contributed by atoms with Crippen LogP contribution in [0.15, 0.2) is 24.3 Å². The molecular weight excluding hydrogens is 318 g/mol. The molecule has 6 heteroatoms. The Bertz CT molecular complexity index is 508. The number of carbonyl (C=O) groups excluding carboxylic acids is 1. The molecule has 0 heterocycles. The number of hydrogen-bond acceptors (Lipinski definition) is 4. The van der Waals surface area contributed by atoms with E-state index in [4.69, 9.17) is 0 Å². The minimum Gasteiger partial charge on any atom is -0.480 e. The van der Waals surface area contributed by atoms with E-state index in [2.05, 4.69) is 17.9 Å². The van der Waals surface area contributed by atoms with Gasteiger partial charge in [0.15, 0.2) is 0 Å². The van der Waals surface area contributed by atoms with Gasteiger partial charge in [0.1, 0.15) is 6.04 Å². The molecule has 1 aromatic carbocycles. The molecule has 2 atom stereocenters. The number of rotatable bonds is 9. The van der Waals surface area contributed by atoms with Crippen molar-refractivity contribution in [3.63, 3.8) is 0 Å². The average molecular weight is 341 g/mol. The molecule has 0 aliphatic heterocycles. The molecule has 1 rings (SSSR count). The maximum Gasteiger partial charge on any atom is 0.326 e. The Morgan fingerprint density at radius 3 is 2.59 bits per heavy atom. The van der Waals surface area contributed by atoms with Crippen LogP contribution in [0.4, 0.5) is 0 Å². The van der Waals surface area contributed by atoms with Crippen molar-refractivity contribution >= 4 is 36.3 Å². The fourth-order valence-electron chi connectivity index (χ4n) is 2.13. The quantitative estimate of drug-likeness (QED) is 0.604. The summed E-state index contributed by atoms with van der Waals surface area (Å²) in [6.07, 6.45) is 2.90. The highest BCUT2D eigenvalue weighted by molar-refractivity contribution is 7.98. The van der Waals surface area contributed by atoms with Crippen molar-refractivity contribution in [3.8, 4) is 0 Å². The predicted molar refractivity (Wildman–Crippen MR) is 94.8 cm³/mol. The van der Waals surface area contributed by atoms with Crippen LogP contribution in [0.25, 0.3) is 0 Å². The number of thioether (sulfide) groups is 1. The van der Waals surface area contributed by atoms with Crippen LogP contribution in [0.2, 0.25) is 0 Å². The molecule has 0 aliphatic rings. The van der Waals surface area contributed by atoms with E-state index in [1.807, 2.05) is 37.4 Å². The van der Waals surface area contributed by atoms with Gasteiger partial charge < -0.3 is 10.4 Å². The van der Waals surface area contributed by atoms with Gasteiger partial charge in [-0.05, 0) is 42.9 Å². The van der Waals surface area contributed by atoms with E-state index in [9.17, 15) is 14.7 Å². The van der Waals surface area contributed by atoms with Gasteiger partial charge in [-0.25, -0.2) is 4.79 Å². The van der Waals surface area contributed by atoms with Crippen molar-refractivity contribution in [1.82, 2.24) is 5.32 Å². The second-order valence-corrected chi connectivity index (χ2v) is 6.54. The Hall–Kier alpha value is -1.14. The maximum atomic E-state index is 12.3. The fraction of sp³-hybridized carbons (Fsp3) is 0.500. The number of aliphatic carboxylic acids is 1. The first-order chi connectivity index (χ1) is 10.5. The molecule has 0 saturated heterocycles. The van der Waals surface area contributed by atoms with Crippen LogP contribution in [0.5, 0.6) is 0 Å². The Labute approximate surface area is 141 Å². The summed E-state index contributed by atoms with van der Waals surface area (Å²) in [4.78, 5) is 23.6. The first-order valence-corrected chi connectivity index (χ1v) is 9.19. The highest BCUT2D eigenvalue weighted by Gasteiger charge is 2.24. The van der Waals surface area contributed by atoms with Crippen LogP contribution in [0, 0.1) is 12.8 Å². The van der Waals surface area contributed by atoms with Gasteiger partial charge in [0.2, 0.25) is 5.91 Å². The third kappa shape index (κ3) is 5.93. The molecule has 0 aliphatic carbocycles. The minimum atomic E-state index is -0.990. The number of carboxylic acids is 1. The number of carbonyl (C=O) groups is 2. The monoisotopic (exact) mass is 341 g/mol. The topological polar surface area (TPSA) is 66.4 Å². The van der Waals surface area contributed by atoms with E-state index in [0.29, 0.717) is 24.3 Å². The SMILES string of the molecule is CSCC[C@@H](NC(=O)[C@@H](CS)Cc1ccccc1C)C(=O)O. The van der Waals surface area contributed by atoms with E-state index in [0.717, 1.165) is 11.1 Å².